The van der Waals surface area contributed by atoms with Crippen LogP contribution in [0.1, 0.15) is 19.3 Å². The lowest BCUT2D eigenvalue weighted by Crippen LogP contribution is -2.44. The van der Waals surface area contributed by atoms with Crippen LogP contribution in [0.4, 0.5) is 4.39 Å². The standard InChI is InChI=1S/C15H21FN2OS/c1-17-13-6-9-18(10-7-13)15(19)8-11-20-14-4-2-12(16)3-5-14/h2-5,13,17H,6-11H2,1H3. The number of likely N-dealkylation sites (tertiary alicyclic amines) is 1. The first-order valence-corrected chi connectivity index (χ1v) is 8.01. The van der Waals surface area contributed by atoms with Gasteiger partial charge in [0, 0.05) is 36.2 Å². The minimum atomic E-state index is -0.224. The highest BCUT2D eigenvalue weighted by Crippen LogP contribution is 2.20. The van der Waals surface area contributed by atoms with Gasteiger partial charge in [0.25, 0.3) is 0 Å². The zero-order valence-corrected chi connectivity index (χ0v) is 12.6. The SMILES string of the molecule is CNC1CCN(C(=O)CCSc2ccc(F)cc2)CC1. The second-order valence-electron chi connectivity index (χ2n) is 5.00. The Hall–Kier alpha value is -1.07. The molecule has 1 aromatic rings. The molecule has 1 amide bonds. The van der Waals surface area contributed by atoms with Crippen LogP contribution in [0.2, 0.25) is 0 Å². The van der Waals surface area contributed by atoms with E-state index in [1.807, 2.05) is 11.9 Å². The van der Waals surface area contributed by atoms with Crippen molar-refractivity contribution in [2.75, 3.05) is 25.9 Å². The number of hydrogen-bond acceptors (Lipinski definition) is 3. The Morgan fingerprint density at radius 1 is 1.35 bits per heavy atom. The molecule has 0 aliphatic carbocycles. The first kappa shape index (κ1) is 15.3. The number of hydrogen-bond donors (Lipinski definition) is 1. The third-order valence-electron chi connectivity index (χ3n) is 3.65. The number of rotatable bonds is 5. The third kappa shape index (κ3) is 4.49. The molecule has 1 N–H and O–H groups in total. The van der Waals surface area contributed by atoms with Crippen molar-refractivity contribution in [3.05, 3.63) is 30.1 Å². The van der Waals surface area contributed by atoms with E-state index >= 15 is 0 Å². The lowest BCUT2D eigenvalue weighted by molar-refractivity contribution is -0.131. The molecule has 1 fully saturated rings. The highest BCUT2D eigenvalue weighted by molar-refractivity contribution is 7.99. The lowest BCUT2D eigenvalue weighted by atomic mass is 10.1. The van der Waals surface area contributed by atoms with Gasteiger partial charge < -0.3 is 10.2 Å². The number of halogens is 1. The Bertz CT molecular complexity index is 430. The summed E-state index contributed by atoms with van der Waals surface area (Å²) in [7, 11) is 1.97. The zero-order valence-electron chi connectivity index (χ0n) is 11.8. The molecule has 110 valence electrons. The maximum atomic E-state index is 12.8. The summed E-state index contributed by atoms with van der Waals surface area (Å²) in [6, 6.07) is 6.96. The highest BCUT2D eigenvalue weighted by atomic mass is 32.2. The quantitative estimate of drug-likeness (QED) is 0.848. The molecule has 20 heavy (non-hydrogen) atoms. The Labute approximate surface area is 123 Å². The number of amides is 1. The van der Waals surface area contributed by atoms with Crippen LogP contribution in [-0.4, -0.2) is 42.7 Å². The zero-order chi connectivity index (χ0) is 14.4. The number of thioether (sulfide) groups is 1. The molecule has 2 rings (SSSR count). The Balaban J connectivity index is 1.69. The maximum absolute atomic E-state index is 12.8. The Morgan fingerprint density at radius 2 is 2.00 bits per heavy atom. The van der Waals surface area contributed by atoms with Crippen LogP contribution in [0.25, 0.3) is 0 Å². The normalized spacial score (nSPS) is 16.4. The number of nitrogens with one attached hydrogen (secondary N) is 1. The van der Waals surface area contributed by atoms with E-state index in [-0.39, 0.29) is 11.7 Å². The summed E-state index contributed by atoms with van der Waals surface area (Å²) in [5.74, 6) is 0.753. The molecule has 0 radical (unpaired) electrons. The van der Waals surface area contributed by atoms with Crippen molar-refractivity contribution in [3.8, 4) is 0 Å². The molecule has 5 heteroatoms. The molecular weight excluding hydrogens is 275 g/mol. The van der Waals surface area contributed by atoms with Crippen LogP contribution in [0, 0.1) is 5.82 Å². The number of carbonyl (C=O) groups excluding carboxylic acids is 1. The number of carbonyl (C=O) groups is 1. The Morgan fingerprint density at radius 3 is 2.60 bits per heavy atom. The van der Waals surface area contributed by atoms with E-state index in [9.17, 15) is 9.18 Å². The monoisotopic (exact) mass is 296 g/mol. The fourth-order valence-electron chi connectivity index (χ4n) is 2.36. The van der Waals surface area contributed by atoms with Gasteiger partial charge in [-0.3, -0.25) is 4.79 Å². The molecule has 1 heterocycles. The van der Waals surface area contributed by atoms with Crippen molar-refractivity contribution in [2.24, 2.45) is 0 Å². The maximum Gasteiger partial charge on any atom is 0.223 e. The molecule has 0 atom stereocenters. The molecule has 1 aromatic carbocycles. The molecular formula is C15H21FN2OS. The molecule has 1 aliphatic heterocycles. The lowest BCUT2D eigenvalue weighted by Gasteiger charge is -2.31. The van der Waals surface area contributed by atoms with Crippen LogP contribution < -0.4 is 5.32 Å². The fourth-order valence-corrected chi connectivity index (χ4v) is 3.20. The van der Waals surface area contributed by atoms with Gasteiger partial charge in [-0.2, -0.15) is 0 Å². The third-order valence-corrected chi connectivity index (χ3v) is 4.67. The summed E-state index contributed by atoms with van der Waals surface area (Å²) < 4.78 is 12.8. The molecule has 0 aromatic heterocycles. The number of benzene rings is 1. The average Bonchev–Trinajstić information content (AvgIpc) is 2.49. The van der Waals surface area contributed by atoms with Gasteiger partial charge in [-0.05, 0) is 44.2 Å². The van der Waals surface area contributed by atoms with Crippen molar-refractivity contribution in [2.45, 2.75) is 30.2 Å². The summed E-state index contributed by atoms with van der Waals surface area (Å²) in [5, 5.41) is 3.26. The van der Waals surface area contributed by atoms with Crippen LogP contribution in [0.15, 0.2) is 29.2 Å². The summed E-state index contributed by atoms with van der Waals surface area (Å²) in [4.78, 5) is 15.0. The van der Waals surface area contributed by atoms with Crippen molar-refractivity contribution >= 4 is 17.7 Å². The van der Waals surface area contributed by atoms with Crippen molar-refractivity contribution in [3.63, 3.8) is 0 Å². The minimum absolute atomic E-state index is 0.224. The van der Waals surface area contributed by atoms with E-state index in [4.69, 9.17) is 0 Å². The van der Waals surface area contributed by atoms with Crippen LogP contribution in [0.3, 0.4) is 0 Å². The van der Waals surface area contributed by atoms with E-state index in [1.165, 1.54) is 12.1 Å². The molecule has 1 saturated heterocycles. The van der Waals surface area contributed by atoms with E-state index in [1.54, 1.807) is 23.9 Å². The summed E-state index contributed by atoms with van der Waals surface area (Å²) in [5.41, 5.74) is 0. The van der Waals surface area contributed by atoms with Crippen LogP contribution in [-0.2, 0) is 4.79 Å². The number of nitrogens with zero attached hydrogens (tertiary/aromatic N) is 1. The van der Waals surface area contributed by atoms with Gasteiger partial charge in [0.1, 0.15) is 5.82 Å². The topological polar surface area (TPSA) is 32.3 Å². The van der Waals surface area contributed by atoms with E-state index in [0.717, 1.165) is 36.6 Å². The molecule has 0 saturated carbocycles. The predicted octanol–water partition coefficient (Wildman–Crippen LogP) is 2.52. The van der Waals surface area contributed by atoms with E-state index in [2.05, 4.69) is 5.32 Å². The van der Waals surface area contributed by atoms with E-state index < -0.39 is 0 Å². The highest BCUT2D eigenvalue weighted by Gasteiger charge is 2.21. The van der Waals surface area contributed by atoms with Crippen molar-refractivity contribution in [1.29, 1.82) is 0 Å². The second kappa shape index (κ2) is 7.64. The van der Waals surface area contributed by atoms with Gasteiger partial charge in [-0.15, -0.1) is 11.8 Å². The summed E-state index contributed by atoms with van der Waals surface area (Å²) in [6.45, 7) is 1.71. The fraction of sp³-hybridized carbons (Fsp3) is 0.533. The second-order valence-corrected chi connectivity index (χ2v) is 6.16. The molecule has 0 spiro atoms. The average molecular weight is 296 g/mol. The van der Waals surface area contributed by atoms with Crippen molar-refractivity contribution < 1.29 is 9.18 Å². The summed E-state index contributed by atoms with van der Waals surface area (Å²) >= 11 is 1.60. The molecule has 1 aliphatic rings. The first-order valence-electron chi connectivity index (χ1n) is 7.02. The molecule has 3 nitrogen and oxygen atoms in total. The van der Waals surface area contributed by atoms with Crippen molar-refractivity contribution in [1.82, 2.24) is 10.2 Å². The number of piperidine rings is 1. The minimum Gasteiger partial charge on any atom is -0.343 e. The van der Waals surface area contributed by atoms with E-state index in [0.29, 0.717) is 12.5 Å². The molecule has 0 bridgehead atoms. The van der Waals surface area contributed by atoms with Gasteiger partial charge in [-0.25, -0.2) is 4.39 Å². The van der Waals surface area contributed by atoms with Gasteiger partial charge >= 0.3 is 0 Å². The van der Waals surface area contributed by atoms with Gasteiger partial charge in [0.05, 0.1) is 0 Å². The first-order chi connectivity index (χ1) is 9.69. The smallest absolute Gasteiger partial charge is 0.223 e. The van der Waals surface area contributed by atoms with Gasteiger partial charge in [0.15, 0.2) is 0 Å². The summed E-state index contributed by atoms with van der Waals surface area (Å²) in [6.07, 6.45) is 2.62. The van der Waals surface area contributed by atoms with Gasteiger partial charge in [0.2, 0.25) is 5.91 Å². The largest absolute Gasteiger partial charge is 0.343 e. The predicted molar refractivity (Wildman–Crippen MR) is 80.4 cm³/mol. The Kier molecular flexibility index (Phi) is 5.86. The van der Waals surface area contributed by atoms with Crippen LogP contribution in [0.5, 0.6) is 0 Å². The molecule has 0 unspecified atom stereocenters. The van der Waals surface area contributed by atoms with Gasteiger partial charge in [-0.1, -0.05) is 0 Å². The van der Waals surface area contributed by atoms with Crippen LogP contribution >= 0.6 is 11.8 Å².